The van der Waals surface area contributed by atoms with Crippen LogP contribution >= 0.6 is 11.3 Å². The van der Waals surface area contributed by atoms with Gasteiger partial charge in [-0.25, -0.2) is 4.98 Å². The molecule has 1 unspecified atom stereocenters. The molecule has 2 N–H and O–H groups in total. The van der Waals surface area contributed by atoms with Crippen LogP contribution in [0.4, 0.5) is 0 Å². The highest BCUT2D eigenvalue weighted by molar-refractivity contribution is 7.09. The highest BCUT2D eigenvalue weighted by Crippen LogP contribution is 2.43. The van der Waals surface area contributed by atoms with Gasteiger partial charge in [0.15, 0.2) is 0 Å². The molecular weight excluding hydrogens is 260 g/mol. The van der Waals surface area contributed by atoms with Gasteiger partial charge < -0.3 is 15.2 Å². The normalized spacial score (nSPS) is 19.7. The van der Waals surface area contributed by atoms with E-state index >= 15 is 0 Å². The second-order valence-electron chi connectivity index (χ2n) is 5.10. The van der Waals surface area contributed by atoms with Crippen molar-refractivity contribution in [3.05, 3.63) is 16.1 Å². The number of nitrogens with two attached hydrogens (primary N) is 1. The summed E-state index contributed by atoms with van der Waals surface area (Å²) in [6.07, 6.45) is 5.43. The topological polar surface area (TPSA) is 57.4 Å². The quantitative estimate of drug-likeness (QED) is 0.836. The molecule has 0 spiro atoms. The van der Waals surface area contributed by atoms with Crippen LogP contribution in [0.2, 0.25) is 0 Å². The highest BCUT2D eigenvalue weighted by Gasteiger charge is 2.39. The smallest absolute Gasteiger partial charge is 0.125 e. The predicted molar refractivity (Wildman–Crippen MR) is 77.3 cm³/mol. The summed E-state index contributed by atoms with van der Waals surface area (Å²) in [6, 6.07) is -0.0370. The Morgan fingerprint density at radius 3 is 2.84 bits per heavy atom. The van der Waals surface area contributed by atoms with Gasteiger partial charge in [0.2, 0.25) is 0 Å². The Balaban J connectivity index is 2.10. The van der Waals surface area contributed by atoms with E-state index in [0.717, 1.165) is 36.6 Å². The van der Waals surface area contributed by atoms with Crippen LogP contribution in [0.3, 0.4) is 0 Å². The molecule has 1 aliphatic carbocycles. The molecule has 5 heteroatoms. The monoisotopic (exact) mass is 284 g/mol. The van der Waals surface area contributed by atoms with Crippen molar-refractivity contribution < 1.29 is 9.47 Å². The molecule has 1 aromatic rings. The van der Waals surface area contributed by atoms with Gasteiger partial charge in [0, 0.05) is 25.7 Å². The fourth-order valence-corrected chi connectivity index (χ4v) is 3.80. The van der Waals surface area contributed by atoms with Crippen LogP contribution in [-0.2, 0) is 15.1 Å². The Kier molecular flexibility index (Phi) is 5.33. The van der Waals surface area contributed by atoms with Gasteiger partial charge in [-0.2, -0.15) is 0 Å². The maximum absolute atomic E-state index is 6.13. The van der Waals surface area contributed by atoms with Gasteiger partial charge in [0.1, 0.15) is 10.6 Å². The predicted octanol–water partition coefficient (Wildman–Crippen LogP) is 2.99. The minimum atomic E-state index is -0.140. The molecule has 1 heterocycles. The molecule has 1 fully saturated rings. The number of ether oxygens (including phenoxy) is 2. The van der Waals surface area contributed by atoms with Gasteiger partial charge in [0.05, 0.1) is 11.7 Å². The first-order valence-corrected chi connectivity index (χ1v) is 7.94. The summed E-state index contributed by atoms with van der Waals surface area (Å²) in [6.45, 7) is 3.47. The first-order chi connectivity index (χ1) is 9.22. The first kappa shape index (κ1) is 14.9. The summed E-state index contributed by atoms with van der Waals surface area (Å²) in [4.78, 5) is 4.75. The Bertz CT molecular complexity index is 389. The SMILES string of the molecule is CCOC1(c2nc(C(N)CCOC)cs2)CCCC1. The van der Waals surface area contributed by atoms with Crippen molar-refractivity contribution in [1.82, 2.24) is 4.98 Å². The van der Waals surface area contributed by atoms with Crippen LogP contribution in [0.15, 0.2) is 5.38 Å². The fourth-order valence-electron chi connectivity index (χ4n) is 2.70. The average Bonchev–Trinajstić information content (AvgIpc) is 3.05. The van der Waals surface area contributed by atoms with Crippen molar-refractivity contribution in [2.45, 2.75) is 50.7 Å². The van der Waals surface area contributed by atoms with Crippen LogP contribution in [-0.4, -0.2) is 25.3 Å². The summed E-state index contributed by atoms with van der Waals surface area (Å²) < 4.78 is 11.1. The van der Waals surface area contributed by atoms with Crippen LogP contribution < -0.4 is 5.73 Å². The molecule has 0 aromatic carbocycles. The number of rotatable bonds is 7. The van der Waals surface area contributed by atoms with Crippen molar-refractivity contribution in [2.75, 3.05) is 20.3 Å². The van der Waals surface area contributed by atoms with E-state index in [1.165, 1.54) is 12.8 Å². The van der Waals surface area contributed by atoms with Crippen molar-refractivity contribution in [1.29, 1.82) is 0 Å². The lowest BCUT2D eigenvalue weighted by Gasteiger charge is -2.26. The molecule has 0 saturated heterocycles. The summed E-state index contributed by atoms with van der Waals surface area (Å²) >= 11 is 1.69. The van der Waals surface area contributed by atoms with Gasteiger partial charge in [-0.3, -0.25) is 0 Å². The van der Waals surface area contributed by atoms with E-state index in [2.05, 4.69) is 12.3 Å². The molecule has 1 aromatic heterocycles. The number of hydrogen-bond acceptors (Lipinski definition) is 5. The van der Waals surface area contributed by atoms with Gasteiger partial charge in [-0.05, 0) is 26.2 Å². The van der Waals surface area contributed by atoms with E-state index < -0.39 is 0 Å². The standard InChI is InChI=1S/C14H24N2O2S/c1-3-18-14(7-4-5-8-14)13-16-12(10-19-13)11(15)6-9-17-2/h10-11H,3-9,15H2,1-2H3. The third-order valence-corrected chi connectivity index (χ3v) is 4.80. The molecule has 0 aliphatic heterocycles. The molecule has 19 heavy (non-hydrogen) atoms. The molecule has 0 amide bonds. The maximum Gasteiger partial charge on any atom is 0.125 e. The summed E-state index contributed by atoms with van der Waals surface area (Å²) in [5.41, 5.74) is 6.97. The van der Waals surface area contributed by atoms with Gasteiger partial charge in [-0.1, -0.05) is 12.8 Å². The maximum atomic E-state index is 6.13. The first-order valence-electron chi connectivity index (χ1n) is 7.06. The lowest BCUT2D eigenvalue weighted by Crippen LogP contribution is -2.26. The van der Waals surface area contributed by atoms with Gasteiger partial charge in [0.25, 0.3) is 0 Å². The zero-order valence-corrected chi connectivity index (χ0v) is 12.7. The lowest BCUT2D eigenvalue weighted by atomic mass is 10.0. The van der Waals surface area contributed by atoms with Crippen LogP contribution in [0, 0.1) is 0 Å². The minimum absolute atomic E-state index is 0.0370. The highest BCUT2D eigenvalue weighted by atomic mass is 32.1. The Labute approximate surface area is 119 Å². The minimum Gasteiger partial charge on any atom is -0.385 e. The Morgan fingerprint density at radius 1 is 1.47 bits per heavy atom. The van der Waals surface area contributed by atoms with Crippen molar-refractivity contribution >= 4 is 11.3 Å². The van der Waals surface area contributed by atoms with Gasteiger partial charge in [-0.15, -0.1) is 11.3 Å². The summed E-state index contributed by atoms with van der Waals surface area (Å²) in [7, 11) is 1.70. The zero-order valence-electron chi connectivity index (χ0n) is 11.9. The van der Waals surface area contributed by atoms with Crippen molar-refractivity contribution in [3.8, 4) is 0 Å². The fraction of sp³-hybridized carbons (Fsp3) is 0.786. The third kappa shape index (κ3) is 3.34. The van der Waals surface area contributed by atoms with Crippen molar-refractivity contribution in [2.24, 2.45) is 5.73 Å². The van der Waals surface area contributed by atoms with Crippen LogP contribution in [0.25, 0.3) is 0 Å². The molecule has 1 aliphatic rings. The molecule has 1 atom stereocenters. The molecular formula is C14H24N2O2S. The number of methoxy groups -OCH3 is 1. The van der Waals surface area contributed by atoms with Crippen LogP contribution in [0.5, 0.6) is 0 Å². The average molecular weight is 284 g/mol. The number of hydrogen-bond donors (Lipinski definition) is 1. The van der Waals surface area contributed by atoms with Crippen LogP contribution in [0.1, 0.15) is 55.8 Å². The molecule has 2 rings (SSSR count). The molecule has 0 bridgehead atoms. The molecule has 0 radical (unpaired) electrons. The number of nitrogens with zero attached hydrogens (tertiary/aromatic N) is 1. The molecule has 1 saturated carbocycles. The number of thiazole rings is 1. The Morgan fingerprint density at radius 2 is 2.21 bits per heavy atom. The largest absolute Gasteiger partial charge is 0.385 e. The third-order valence-electron chi connectivity index (χ3n) is 3.76. The van der Waals surface area contributed by atoms with Crippen molar-refractivity contribution in [3.63, 3.8) is 0 Å². The Hall–Kier alpha value is -0.490. The lowest BCUT2D eigenvalue weighted by molar-refractivity contribution is -0.0392. The number of aromatic nitrogens is 1. The van der Waals surface area contributed by atoms with E-state index in [4.69, 9.17) is 20.2 Å². The second kappa shape index (κ2) is 6.79. The van der Waals surface area contributed by atoms with E-state index in [1.54, 1.807) is 18.4 Å². The summed E-state index contributed by atoms with van der Waals surface area (Å²) in [5, 5.41) is 3.18. The van der Waals surface area contributed by atoms with E-state index in [-0.39, 0.29) is 11.6 Å². The molecule has 4 nitrogen and oxygen atoms in total. The van der Waals surface area contributed by atoms with E-state index in [0.29, 0.717) is 6.61 Å². The van der Waals surface area contributed by atoms with E-state index in [1.807, 2.05) is 0 Å². The van der Waals surface area contributed by atoms with Gasteiger partial charge >= 0.3 is 0 Å². The zero-order chi connectivity index (χ0) is 13.7. The van der Waals surface area contributed by atoms with E-state index in [9.17, 15) is 0 Å². The molecule has 108 valence electrons. The second-order valence-corrected chi connectivity index (χ2v) is 5.96. The summed E-state index contributed by atoms with van der Waals surface area (Å²) in [5.74, 6) is 0.